The number of rotatable bonds is 4. The summed E-state index contributed by atoms with van der Waals surface area (Å²) in [4.78, 5) is 10.3. The second-order valence-corrected chi connectivity index (χ2v) is 3.42. The molecule has 0 unspecified atom stereocenters. The van der Waals surface area contributed by atoms with E-state index >= 15 is 0 Å². The molecule has 3 nitrogen and oxygen atoms in total. The number of nitrogens with one attached hydrogen (secondary N) is 1. The van der Waals surface area contributed by atoms with E-state index in [-0.39, 0.29) is 6.04 Å². The number of aliphatic carboxylic acids is 1. The van der Waals surface area contributed by atoms with Gasteiger partial charge in [0.1, 0.15) is 0 Å². The summed E-state index contributed by atoms with van der Waals surface area (Å²) in [5.74, 6) is -0.945. The van der Waals surface area contributed by atoms with Crippen LogP contribution in [0.3, 0.4) is 0 Å². The standard InChI is InChI=1S/C12H15NO2/c1-9-5-3-4-6-11(9)10(2)13-8-7-12(14)15/h3-8,10,13H,1-2H3,(H,14,15)/b8-7+/t10-/m0/s1. The number of hydrogen-bond donors (Lipinski definition) is 2. The van der Waals surface area contributed by atoms with E-state index in [0.717, 1.165) is 6.08 Å². The molecule has 1 aromatic carbocycles. The number of aryl methyl sites for hydroxylation is 1. The fourth-order valence-corrected chi connectivity index (χ4v) is 1.43. The van der Waals surface area contributed by atoms with Crippen molar-refractivity contribution >= 4 is 5.97 Å². The van der Waals surface area contributed by atoms with Gasteiger partial charge in [0.05, 0.1) is 0 Å². The van der Waals surface area contributed by atoms with Gasteiger partial charge in [0.25, 0.3) is 0 Å². The molecule has 0 amide bonds. The Morgan fingerprint density at radius 1 is 1.47 bits per heavy atom. The van der Waals surface area contributed by atoms with Crippen LogP contribution in [0.25, 0.3) is 0 Å². The van der Waals surface area contributed by atoms with Crippen LogP contribution in [0.15, 0.2) is 36.5 Å². The van der Waals surface area contributed by atoms with E-state index in [1.165, 1.54) is 17.3 Å². The minimum atomic E-state index is -0.945. The molecule has 3 heteroatoms. The average Bonchev–Trinajstić information content (AvgIpc) is 2.17. The van der Waals surface area contributed by atoms with E-state index in [1.807, 2.05) is 38.1 Å². The Balaban J connectivity index is 2.65. The summed E-state index contributed by atoms with van der Waals surface area (Å²) >= 11 is 0. The molecule has 1 atom stereocenters. The van der Waals surface area contributed by atoms with Gasteiger partial charge in [-0.1, -0.05) is 24.3 Å². The third kappa shape index (κ3) is 3.46. The maximum Gasteiger partial charge on any atom is 0.329 e. The first-order valence-electron chi connectivity index (χ1n) is 4.82. The number of carboxylic acids is 1. The molecule has 0 radical (unpaired) electrons. The van der Waals surface area contributed by atoms with Gasteiger partial charge < -0.3 is 10.4 Å². The lowest BCUT2D eigenvalue weighted by molar-refractivity contribution is -0.131. The van der Waals surface area contributed by atoms with Gasteiger partial charge in [-0.15, -0.1) is 0 Å². The second-order valence-electron chi connectivity index (χ2n) is 3.42. The summed E-state index contributed by atoms with van der Waals surface area (Å²) in [6.45, 7) is 4.03. The highest BCUT2D eigenvalue weighted by atomic mass is 16.4. The van der Waals surface area contributed by atoms with E-state index in [1.54, 1.807) is 0 Å². The van der Waals surface area contributed by atoms with Gasteiger partial charge in [0.2, 0.25) is 0 Å². The fraction of sp³-hybridized carbons (Fsp3) is 0.250. The van der Waals surface area contributed by atoms with Crippen molar-refractivity contribution in [1.82, 2.24) is 5.32 Å². The topological polar surface area (TPSA) is 49.3 Å². The maximum atomic E-state index is 10.3. The van der Waals surface area contributed by atoms with Crippen molar-refractivity contribution in [2.75, 3.05) is 0 Å². The first-order valence-corrected chi connectivity index (χ1v) is 4.82. The van der Waals surface area contributed by atoms with Crippen LogP contribution in [0.1, 0.15) is 24.1 Å². The van der Waals surface area contributed by atoms with Crippen molar-refractivity contribution in [3.05, 3.63) is 47.7 Å². The lowest BCUT2D eigenvalue weighted by Crippen LogP contribution is -2.13. The largest absolute Gasteiger partial charge is 0.478 e. The molecule has 0 aliphatic heterocycles. The molecule has 0 aliphatic carbocycles. The Kier molecular flexibility index (Phi) is 3.92. The zero-order chi connectivity index (χ0) is 11.3. The molecule has 0 saturated carbocycles. The highest BCUT2D eigenvalue weighted by molar-refractivity contribution is 5.79. The van der Waals surface area contributed by atoms with E-state index in [4.69, 9.17) is 5.11 Å². The van der Waals surface area contributed by atoms with Crippen molar-refractivity contribution in [3.63, 3.8) is 0 Å². The first kappa shape index (κ1) is 11.3. The van der Waals surface area contributed by atoms with E-state index < -0.39 is 5.97 Å². The summed E-state index contributed by atoms with van der Waals surface area (Å²) < 4.78 is 0. The molecule has 0 fully saturated rings. The molecule has 2 N–H and O–H groups in total. The fourth-order valence-electron chi connectivity index (χ4n) is 1.43. The van der Waals surface area contributed by atoms with Crippen molar-refractivity contribution in [2.24, 2.45) is 0 Å². The van der Waals surface area contributed by atoms with Gasteiger partial charge in [-0.2, -0.15) is 0 Å². The first-order chi connectivity index (χ1) is 7.11. The van der Waals surface area contributed by atoms with Crippen LogP contribution >= 0.6 is 0 Å². The van der Waals surface area contributed by atoms with Crippen LogP contribution in [0.4, 0.5) is 0 Å². The predicted octanol–water partition coefficient (Wildman–Crippen LogP) is 2.24. The molecule has 1 aromatic rings. The number of carboxylic acid groups (broad SMARTS) is 1. The van der Waals surface area contributed by atoms with Crippen LogP contribution in [-0.2, 0) is 4.79 Å². The normalized spacial score (nSPS) is 12.7. The molecule has 0 aromatic heterocycles. The molecule has 0 aliphatic rings. The molecule has 0 bridgehead atoms. The SMILES string of the molecule is Cc1ccccc1[C@H](C)N/C=C/C(=O)O. The molecule has 1 rings (SSSR count). The zero-order valence-electron chi connectivity index (χ0n) is 8.90. The summed E-state index contributed by atoms with van der Waals surface area (Å²) in [6, 6.07) is 8.14. The molecule has 0 spiro atoms. The monoisotopic (exact) mass is 205 g/mol. The lowest BCUT2D eigenvalue weighted by atomic mass is 10.0. The summed E-state index contributed by atoms with van der Waals surface area (Å²) in [6.07, 6.45) is 2.55. The molecule has 0 saturated heterocycles. The third-order valence-corrected chi connectivity index (χ3v) is 2.23. The van der Waals surface area contributed by atoms with Gasteiger partial charge in [0, 0.05) is 18.3 Å². The highest BCUT2D eigenvalue weighted by Crippen LogP contribution is 2.16. The number of hydrogen-bond acceptors (Lipinski definition) is 2. The van der Waals surface area contributed by atoms with Gasteiger partial charge in [-0.3, -0.25) is 0 Å². The predicted molar refractivity (Wildman–Crippen MR) is 59.5 cm³/mol. The van der Waals surface area contributed by atoms with E-state index in [0.29, 0.717) is 0 Å². The van der Waals surface area contributed by atoms with Crippen LogP contribution in [0.2, 0.25) is 0 Å². The smallest absolute Gasteiger partial charge is 0.329 e. The van der Waals surface area contributed by atoms with E-state index in [2.05, 4.69) is 5.32 Å². The molecular formula is C12H15NO2. The van der Waals surface area contributed by atoms with Gasteiger partial charge >= 0.3 is 5.97 Å². The van der Waals surface area contributed by atoms with E-state index in [9.17, 15) is 4.79 Å². The Hall–Kier alpha value is -1.77. The minimum Gasteiger partial charge on any atom is -0.478 e. The van der Waals surface area contributed by atoms with Crippen molar-refractivity contribution < 1.29 is 9.90 Å². The van der Waals surface area contributed by atoms with Crippen LogP contribution in [-0.4, -0.2) is 11.1 Å². The second kappa shape index (κ2) is 5.20. The van der Waals surface area contributed by atoms with Gasteiger partial charge in [-0.25, -0.2) is 4.79 Å². The molecule has 0 heterocycles. The quantitative estimate of drug-likeness (QED) is 0.741. The van der Waals surface area contributed by atoms with Gasteiger partial charge in [-0.05, 0) is 25.0 Å². The maximum absolute atomic E-state index is 10.3. The third-order valence-electron chi connectivity index (χ3n) is 2.23. The molecule has 15 heavy (non-hydrogen) atoms. The zero-order valence-corrected chi connectivity index (χ0v) is 8.90. The van der Waals surface area contributed by atoms with Crippen molar-refractivity contribution in [2.45, 2.75) is 19.9 Å². The summed E-state index contributed by atoms with van der Waals surface area (Å²) in [5, 5.41) is 11.4. The highest BCUT2D eigenvalue weighted by Gasteiger charge is 2.04. The minimum absolute atomic E-state index is 0.113. The number of benzene rings is 1. The number of carbonyl (C=O) groups is 1. The summed E-state index contributed by atoms with van der Waals surface area (Å²) in [7, 11) is 0. The van der Waals surface area contributed by atoms with Gasteiger partial charge in [0.15, 0.2) is 0 Å². The lowest BCUT2D eigenvalue weighted by Gasteiger charge is -2.14. The Bertz CT molecular complexity index is 372. The Morgan fingerprint density at radius 2 is 2.13 bits per heavy atom. The molecular weight excluding hydrogens is 190 g/mol. The van der Waals surface area contributed by atoms with Crippen molar-refractivity contribution in [3.8, 4) is 0 Å². The Labute approximate surface area is 89.4 Å². The Morgan fingerprint density at radius 3 is 2.73 bits per heavy atom. The van der Waals surface area contributed by atoms with Crippen LogP contribution in [0.5, 0.6) is 0 Å². The van der Waals surface area contributed by atoms with Crippen LogP contribution < -0.4 is 5.32 Å². The average molecular weight is 205 g/mol. The summed E-state index contributed by atoms with van der Waals surface area (Å²) in [5.41, 5.74) is 2.37. The molecule has 80 valence electrons. The van der Waals surface area contributed by atoms with Crippen LogP contribution in [0, 0.1) is 6.92 Å². The van der Waals surface area contributed by atoms with Crippen molar-refractivity contribution in [1.29, 1.82) is 0 Å².